The Morgan fingerprint density at radius 2 is 2.33 bits per heavy atom. The molecule has 0 saturated carbocycles. The van der Waals surface area contributed by atoms with Crippen molar-refractivity contribution in [3.63, 3.8) is 0 Å². The summed E-state index contributed by atoms with van der Waals surface area (Å²) in [4.78, 5) is 7.10. The molecule has 0 saturated heterocycles. The van der Waals surface area contributed by atoms with Crippen molar-refractivity contribution < 1.29 is 9.13 Å². The lowest BCUT2D eigenvalue weighted by Gasteiger charge is -2.12. The molecule has 96 valence electrons. The van der Waals surface area contributed by atoms with Gasteiger partial charge in [0.1, 0.15) is 17.4 Å². The predicted molar refractivity (Wildman–Crippen MR) is 68.1 cm³/mol. The molecule has 2 aromatic rings. The maximum absolute atomic E-state index is 13.2. The topological polar surface area (TPSA) is 49.9 Å². The molecule has 0 aliphatic rings. The molecule has 0 fully saturated rings. The van der Waals surface area contributed by atoms with Crippen molar-refractivity contribution in [1.82, 2.24) is 9.97 Å². The Hall–Kier alpha value is -2.04. The third-order valence-electron chi connectivity index (χ3n) is 2.41. The van der Waals surface area contributed by atoms with Crippen molar-refractivity contribution >= 4 is 5.69 Å². The van der Waals surface area contributed by atoms with Gasteiger partial charge < -0.3 is 15.0 Å². The van der Waals surface area contributed by atoms with Crippen LogP contribution in [0, 0.1) is 5.82 Å². The summed E-state index contributed by atoms with van der Waals surface area (Å²) in [5.41, 5.74) is 0.765. The Bertz CT molecular complexity index is 485. The molecule has 18 heavy (non-hydrogen) atoms. The van der Waals surface area contributed by atoms with E-state index < -0.39 is 0 Å². The number of H-pyrrole nitrogens is 1. The first-order valence-electron chi connectivity index (χ1n) is 5.94. The molecule has 0 atom stereocenters. The third kappa shape index (κ3) is 3.23. The van der Waals surface area contributed by atoms with Crippen molar-refractivity contribution in [2.75, 3.05) is 11.9 Å². The van der Waals surface area contributed by atoms with Gasteiger partial charge in [0.25, 0.3) is 0 Å². The number of anilines is 1. The average Bonchev–Trinajstić information content (AvgIpc) is 2.88. The van der Waals surface area contributed by atoms with Crippen LogP contribution >= 0.6 is 0 Å². The van der Waals surface area contributed by atoms with Crippen molar-refractivity contribution in [3.05, 3.63) is 42.2 Å². The molecule has 1 aromatic carbocycles. The predicted octanol–water partition coefficient (Wildman–Crippen LogP) is 2.95. The molecule has 0 aliphatic heterocycles. The van der Waals surface area contributed by atoms with Gasteiger partial charge >= 0.3 is 0 Å². The van der Waals surface area contributed by atoms with Crippen molar-refractivity contribution in [2.24, 2.45) is 0 Å². The van der Waals surface area contributed by atoms with E-state index in [0.29, 0.717) is 18.9 Å². The zero-order valence-corrected chi connectivity index (χ0v) is 10.2. The van der Waals surface area contributed by atoms with E-state index in [0.717, 1.165) is 17.9 Å². The number of benzene rings is 1. The number of hydrogen-bond acceptors (Lipinski definition) is 3. The van der Waals surface area contributed by atoms with Crippen LogP contribution in [0.1, 0.15) is 19.2 Å². The van der Waals surface area contributed by atoms with Crippen LogP contribution in [0.4, 0.5) is 10.1 Å². The molecule has 4 nitrogen and oxygen atoms in total. The van der Waals surface area contributed by atoms with Gasteiger partial charge in [-0.3, -0.25) is 0 Å². The lowest BCUT2D eigenvalue weighted by molar-refractivity contribution is 0.317. The summed E-state index contributed by atoms with van der Waals surface area (Å²) in [5.74, 6) is 1.05. The fraction of sp³-hybridized carbons (Fsp3) is 0.308. The van der Waals surface area contributed by atoms with Gasteiger partial charge in [0.15, 0.2) is 0 Å². The number of halogens is 1. The van der Waals surface area contributed by atoms with E-state index >= 15 is 0 Å². The van der Waals surface area contributed by atoms with Crippen LogP contribution in [0.2, 0.25) is 0 Å². The number of hydrogen-bond donors (Lipinski definition) is 2. The molecule has 1 heterocycles. The first-order valence-corrected chi connectivity index (χ1v) is 5.94. The van der Waals surface area contributed by atoms with Crippen molar-refractivity contribution in [2.45, 2.75) is 19.9 Å². The number of nitrogens with one attached hydrogen (secondary N) is 2. The van der Waals surface area contributed by atoms with E-state index in [1.807, 2.05) is 6.92 Å². The minimum atomic E-state index is -0.301. The molecule has 2 rings (SSSR count). The van der Waals surface area contributed by atoms with Gasteiger partial charge in [0.05, 0.1) is 18.8 Å². The summed E-state index contributed by atoms with van der Waals surface area (Å²) < 4.78 is 18.7. The highest BCUT2D eigenvalue weighted by molar-refractivity contribution is 5.56. The number of imidazole rings is 1. The summed E-state index contributed by atoms with van der Waals surface area (Å²) in [6.45, 7) is 3.12. The van der Waals surface area contributed by atoms with Crippen molar-refractivity contribution in [1.29, 1.82) is 0 Å². The SMILES string of the molecule is CCCOc1cc(F)ccc1NCc1ncc[nH]1. The monoisotopic (exact) mass is 249 g/mol. The van der Waals surface area contributed by atoms with Crippen LogP contribution in [0.25, 0.3) is 0 Å². The summed E-state index contributed by atoms with van der Waals surface area (Å²) in [5, 5.41) is 3.17. The second kappa shape index (κ2) is 6.05. The molecule has 0 aliphatic carbocycles. The molecule has 0 radical (unpaired) electrons. The Labute approximate surface area is 105 Å². The Balaban J connectivity index is 2.05. The van der Waals surface area contributed by atoms with Gasteiger partial charge in [0, 0.05) is 18.5 Å². The van der Waals surface area contributed by atoms with Gasteiger partial charge in [-0.15, -0.1) is 0 Å². The van der Waals surface area contributed by atoms with Crippen LogP contribution in [0.5, 0.6) is 5.75 Å². The van der Waals surface area contributed by atoms with Gasteiger partial charge in [-0.1, -0.05) is 6.92 Å². The highest BCUT2D eigenvalue weighted by Gasteiger charge is 2.05. The Morgan fingerprint density at radius 1 is 1.44 bits per heavy atom. The number of rotatable bonds is 6. The highest BCUT2D eigenvalue weighted by atomic mass is 19.1. The highest BCUT2D eigenvalue weighted by Crippen LogP contribution is 2.25. The molecule has 0 spiro atoms. The standard InChI is InChI=1S/C13H16FN3O/c1-2-7-18-12-8-10(14)3-4-11(12)17-9-13-15-5-6-16-13/h3-6,8,17H,2,7,9H2,1H3,(H,15,16). The van der Waals surface area contributed by atoms with E-state index in [-0.39, 0.29) is 5.82 Å². The number of nitrogens with zero attached hydrogens (tertiary/aromatic N) is 1. The second-order valence-corrected chi connectivity index (χ2v) is 3.88. The second-order valence-electron chi connectivity index (χ2n) is 3.88. The first-order chi connectivity index (χ1) is 8.79. The minimum absolute atomic E-state index is 0.301. The maximum Gasteiger partial charge on any atom is 0.145 e. The van der Waals surface area contributed by atoms with Gasteiger partial charge in [0.2, 0.25) is 0 Å². The molecular weight excluding hydrogens is 233 g/mol. The van der Waals surface area contributed by atoms with E-state index in [4.69, 9.17) is 4.74 Å². The summed E-state index contributed by atoms with van der Waals surface area (Å²) >= 11 is 0. The molecule has 1 aromatic heterocycles. The third-order valence-corrected chi connectivity index (χ3v) is 2.41. The quantitative estimate of drug-likeness (QED) is 0.827. The van der Waals surface area contributed by atoms with Gasteiger partial charge in [-0.25, -0.2) is 9.37 Å². The zero-order chi connectivity index (χ0) is 12.8. The zero-order valence-electron chi connectivity index (χ0n) is 10.2. The Morgan fingerprint density at radius 3 is 3.06 bits per heavy atom. The molecule has 0 amide bonds. The summed E-state index contributed by atoms with van der Waals surface area (Å²) in [6, 6.07) is 4.46. The fourth-order valence-electron chi connectivity index (χ4n) is 1.55. The largest absolute Gasteiger partial charge is 0.491 e. The first kappa shape index (κ1) is 12.4. The van der Waals surface area contributed by atoms with E-state index in [2.05, 4.69) is 15.3 Å². The van der Waals surface area contributed by atoms with Gasteiger partial charge in [-0.2, -0.15) is 0 Å². The average molecular weight is 249 g/mol. The molecule has 2 N–H and O–H groups in total. The van der Waals surface area contributed by atoms with Gasteiger partial charge in [-0.05, 0) is 18.6 Å². The molecular formula is C13H16FN3O. The van der Waals surface area contributed by atoms with Crippen LogP contribution in [-0.2, 0) is 6.54 Å². The van der Waals surface area contributed by atoms with Crippen molar-refractivity contribution in [3.8, 4) is 5.75 Å². The van der Waals surface area contributed by atoms with Crippen LogP contribution in [0.3, 0.4) is 0 Å². The van der Waals surface area contributed by atoms with E-state index in [1.54, 1.807) is 18.5 Å². The summed E-state index contributed by atoms with van der Waals surface area (Å²) in [7, 11) is 0. The minimum Gasteiger partial charge on any atom is -0.491 e. The van der Waals surface area contributed by atoms with Crippen LogP contribution in [0.15, 0.2) is 30.6 Å². The lowest BCUT2D eigenvalue weighted by Crippen LogP contribution is -2.05. The van der Waals surface area contributed by atoms with E-state index in [1.165, 1.54) is 12.1 Å². The number of aromatic amines is 1. The lowest BCUT2D eigenvalue weighted by atomic mass is 10.2. The van der Waals surface area contributed by atoms with Crippen LogP contribution < -0.4 is 10.1 Å². The number of aromatic nitrogens is 2. The molecule has 0 unspecified atom stereocenters. The summed E-state index contributed by atoms with van der Waals surface area (Å²) in [6.07, 6.45) is 4.33. The van der Waals surface area contributed by atoms with E-state index in [9.17, 15) is 4.39 Å². The smallest absolute Gasteiger partial charge is 0.145 e. The number of ether oxygens (including phenoxy) is 1. The normalized spacial score (nSPS) is 10.3. The Kier molecular flexibility index (Phi) is 4.17. The maximum atomic E-state index is 13.2. The van der Waals surface area contributed by atoms with Crippen LogP contribution in [-0.4, -0.2) is 16.6 Å². The molecule has 0 bridgehead atoms. The molecule has 5 heteroatoms. The fourth-order valence-corrected chi connectivity index (χ4v) is 1.55.